The molecule has 0 saturated carbocycles. The zero-order valence-electron chi connectivity index (χ0n) is 15.6. The van der Waals surface area contributed by atoms with Gasteiger partial charge in [0.2, 0.25) is 0 Å². The summed E-state index contributed by atoms with van der Waals surface area (Å²) in [6, 6.07) is 18.3. The molecule has 3 aromatic carbocycles. The summed E-state index contributed by atoms with van der Waals surface area (Å²) in [4.78, 5) is 28.8. The van der Waals surface area contributed by atoms with Crippen molar-refractivity contribution in [2.45, 2.75) is 13.0 Å². The minimum Gasteiger partial charge on any atom is -0.468 e. The number of thiazole rings is 1. The average molecular weight is 408 g/mol. The van der Waals surface area contributed by atoms with Gasteiger partial charge in [-0.15, -0.1) is 0 Å². The van der Waals surface area contributed by atoms with E-state index in [2.05, 4.69) is 4.99 Å². The third kappa shape index (κ3) is 3.95. The van der Waals surface area contributed by atoms with E-state index in [-0.39, 0.29) is 29.2 Å². The van der Waals surface area contributed by atoms with Crippen LogP contribution in [-0.4, -0.2) is 23.6 Å². The van der Waals surface area contributed by atoms with Crippen LogP contribution in [0.25, 0.3) is 21.0 Å². The lowest BCUT2D eigenvalue weighted by Crippen LogP contribution is -2.23. The van der Waals surface area contributed by atoms with Gasteiger partial charge in [-0.3, -0.25) is 9.59 Å². The van der Waals surface area contributed by atoms with Gasteiger partial charge in [-0.25, -0.2) is 4.39 Å². The second kappa shape index (κ2) is 7.97. The Labute approximate surface area is 169 Å². The number of carbonyl (C=O) groups excluding carboxylic acids is 2. The SMILES string of the molecule is COC(=O)Cn1c(=NC(=O)Cc2ccc3ccccc3c2)sc2cccc(F)c21. The van der Waals surface area contributed by atoms with Crippen molar-refractivity contribution in [3.63, 3.8) is 0 Å². The van der Waals surface area contributed by atoms with Crippen molar-refractivity contribution in [2.24, 2.45) is 4.99 Å². The predicted octanol–water partition coefficient (Wildman–Crippen LogP) is 3.84. The maximum atomic E-state index is 14.4. The number of hydrogen-bond acceptors (Lipinski definition) is 4. The van der Waals surface area contributed by atoms with E-state index >= 15 is 0 Å². The van der Waals surface area contributed by atoms with Crippen LogP contribution in [0.4, 0.5) is 4.39 Å². The van der Waals surface area contributed by atoms with E-state index in [9.17, 15) is 14.0 Å². The number of amides is 1. The highest BCUT2D eigenvalue weighted by atomic mass is 32.1. The number of ether oxygens (including phenoxy) is 1. The molecule has 4 rings (SSSR count). The van der Waals surface area contributed by atoms with Crippen LogP contribution >= 0.6 is 11.3 Å². The third-order valence-electron chi connectivity index (χ3n) is 4.56. The highest BCUT2D eigenvalue weighted by Crippen LogP contribution is 2.21. The lowest BCUT2D eigenvalue weighted by atomic mass is 10.1. The zero-order valence-corrected chi connectivity index (χ0v) is 16.4. The molecular formula is C22H17FN2O3S. The quantitative estimate of drug-likeness (QED) is 0.482. The second-order valence-corrected chi connectivity index (χ2v) is 7.51. The highest BCUT2D eigenvalue weighted by Gasteiger charge is 2.15. The van der Waals surface area contributed by atoms with Crippen LogP contribution in [-0.2, 0) is 27.3 Å². The summed E-state index contributed by atoms with van der Waals surface area (Å²) in [5.41, 5.74) is 1.07. The van der Waals surface area contributed by atoms with E-state index in [0.29, 0.717) is 4.70 Å². The van der Waals surface area contributed by atoms with Crippen molar-refractivity contribution < 1.29 is 18.7 Å². The molecule has 4 aromatic rings. The Balaban J connectivity index is 1.72. The van der Waals surface area contributed by atoms with Gasteiger partial charge in [0.15, 0.2) is 4.80 Å². The summed E-state index contributed by atoms with van der Waals surface area (Å²) in [5, 5.41) is 2.14. The normalized spacial score (nSPS) is 11.9. The molecule has 0 aliphatic heterocycles. The average Bonchev–Trinajstić information content (AvgIpc) is 3.05. The number of para-hydroxylation sites is 1. The van der Waals surface area contributed by atoms with Crippen LogP contribution in [0.15, 0.2) is 65.7 Å². The first-order valence-corrected chi connectivity index (χ1v) is 9.77. The summed E-state index contributed by atoms with van der Waals surface area (Å²) in [6.07, 6.45) is 0.111. The van der Waals surface area contributed by atoms with Gasteiger partial charge >= 0.3 is 5.97 Å². The van der Waals surface area contributed by atoms with Gasteiger partial charge < -0.3 is 9.30 Å². The maximum Gasteiger partial charge on any atom is 0.325 e. The topological polar surface area (TPSA) is 60.7 Å². The van der Waals surface area contributed by atoms with Gasteiger partial charge in [-0.1, -0.05) is 59.9 Å². The smallest absolute Gasteiger partial charge is 0.325 e. The number of fused-ring (bicyclic) bond motifs is 2. The van der Waals surface area contributed by atoms with Crippen LogP contribution < -0.4 is 4.80 Å². The number of carbonyl (C=O) groups is 2. The lowest BCUT2D eigenvalue weighted by molar-refractivity contribution is -0.141. The third-order valence-corrected chi connectivity index (χ3v) is 5.60. The van der Waals surface area contributed by atoms with Crippen molar-refractivity contribution in [1.29, 1.82) is 0 Å². The number of esters is 1. The largest absolute Gasteiger partial charge is 0.468 e. The molecule has 0 radical (unpaired) electrons. The summed E-state index contributed by atoms with van der Waals surface area (Å²) >= 11 is 1.16. The predicted molar refractivity (Wildman–Crippen MR) is 110 cm³/mol. The Kier molecular flexibility index (Phi) is 5.22. The fourth-order valence-corrected chi connectivity index (χ4v) is 4.24. The first-order valence-electron chi connectivity index (χ1n) is 8.95. The molecule has 0 fully saturated rings. The fraction of sp³-hybridized carbons (Fsp3) is 0.136. The Morgan fingerprint density at radius 2 is 1.86 bits per heavy atom. The number of methoxy groups -OCH3 is 1. The number of halogens is 1. The molecular weight excluding hydrogens is 391 g/mol. The van der Waals surface area contributed by atoms with E-state index in [0.717, 1.165) is 27.7 Å². The molecule has 0 bridgehead atoms. The Bertz CT molecular complexity index is 1310. The number of aromatic nitrogens is 1. The number of hydrogen-bond donors (Lipinski definition) is 0. The maximum absolute atomic E-state index is 14.4. The lowest BCUT2D eigenvalue weighted by Gasteiger charge is -2.04. The minimum absolute atomic E-state index is 0.111. The summed E-state index contributed by atoms with van der Waals surface area (Å²) in [5.74, 6) is -1.40. The molecule has 1 aromatic heterocycles. The molecule has 0 unspecified atom stereocenters. The minimum atomic E-state index is -0.545. The van der Waals surface area contributed by atoms with Crippen molar-refractivity contribution in [3.05, 3.63) is 76.8 Å². The summed E-state index contributed by atoms with van der Waals surface area (Å²) < 4.78 is 21.1. The molecule has 1 heterocycles. The number of rotatable bonds is 4. The summed E-state index contributed by atoms with van der Waals surface area (Å²) in [7, 11) is 1.26. The molecule has 0 saturated heterocycles. The first-order chi connectivity index (χ1) is 14.0. The van der Waals surface area contributed by atoms with Crippen LogP contribution in [0.2, 0.25) is 0 Å². The van der Waals surface area contributed by atoms with Crippen molar-refractivity contribution in [1.82, 2.24) is 4.57 Å². The highest BCUT2D eigenvalue weighted by molar-refractivity contribution is 7.16. The number of nitrogens with zero attached hydrogens (tertiary/aromatic N) is 2. The molecule has 1 amide bonds. The van der Waals surface area contributed by atoms with Crippen LogP contribution in [0.1, 0.15) is 5.56 Å². The van der Waals surface area contributed by atoms with Crippen LogP contribution in [0, 0.1) is 5.82 Å². The molecule has 0 aliphatic carbocycles. The molecule has 0 aliphatic rings. The van der Waals surface area contributed by atoms with E-state index in [4.69, 9.17) is 4.74 Å². The van der Waals surface area contributed by atoms with Gasteiger partial charge in [0, 0.05) is 0 Å². The van der Waals surface area contributed by atoms with Gasteiger partial charge in [0.1, 0.15) is 12.4 Å². The molecule has 29 heavy (non-hydrogen) atoms. The Hall–Kier alpha value is -3.32. The molecule has 0 atom stereocenters. The van der Waals surface area contributed by atoms with E-state index in [1.54, 1.807) is 12.1 Å². The van der Waals surface area contributed by atoms with Crippen LogP contribution in [0.5, 0.6) is 0 Å². The fourth-order valence-electron chi connectivity index (χ4n) is 3.18. The van der Waals surface area contributed by atoms with Crippen molar-refractivity contribution >= 4 is 44.2 Å². The van der Waals surface area contributed by atoms with E-state index in [1.807, 2.05) is 42.5 Å². The molecule has 7 heteroatoms. The van der Waals surface area contributed by atoms with Crippen molar-refractivity contribution in [2.75, 3.05) is 7.11 Å². The first kappa shape index (κ1) is 19.0. The van der Waals surface area contributed by atoms with Gasteiger partial charge in [0.05, 0.1) is 23.7 Å². The molecule has 0 spiro atoms. The monoisotopic (exact) mass is 408 g/mol. The Morgan fingerprint density at radius 3 is 2.66 bits per heavy atom. The molecule has 146 valence electrons. The van der Waals surface area contributed by atoms with Gasteiger partial charge in [-0.05, 0) is 28.5 Å². The number of benzene rings is 3. The van der Waals surface area contributed by atoms with E-state index < -0.39 is 11.8 Å². The zero-order chi connectivity index (χ0) is 20.4. The van der Waals surface area contributed by atoms with Gasteiger partial charge in [0.25, 0.3) is 5.91 Å². The van der Waals surface area contributed by atoms with Gasteiger partial charge in [-0.2, -0.15) is 4.99 Å². The molecule has 5 nitrogen and oxygen atoms in total. The molecule has 0 N–H and O–H groups in total. The second-order valence-electron chi connectivity index (χ2n) is 6.50. The van der Waals surface area contributed by atoms with E-state index in [1.165, 1.54) is 17.7 Å². The summed E-state index contributed by atoms with van der Waals surface area (Å²) in [6.45, 7) is -0.223. The Morgan fingerprint density at radius 1 is 1.07 bits per heavy atom. The standard InChI is InChI=1S/C22H17FN2O3S/c1-28-20(27)13-25-21-17(23)7-4-8-18(21)29-22(25)24-19(26)12-14-9-10-15-5-2-3-6-16(15)11-14/h2-11H,12-13H2,1H3. The van der Waals surface area contributed by atoms with Crippen LogP contribution in [0.3, 0.4) is 0 Å². The van der Waals surface area contributed by atoms with Crippen molar-refractivity contribution in [3.8, 4) is 0 Å².